The average Bonchev–Trinajstić information content (AvgIpc) is 3.17. The van der Waals surface area contributed by atoms with Gasteiger partial charge in [-0.05, 0) is 13.3 Å². The van der Waals surface area contributed by atoms with E-state index in [9.17, 15) is 4.79 Å². The van der Waals surface area contributed by atoms with Crippen molar-refractivity contribution in [1.29, 1.82) is 0 Å². The molecule has 7 nitrogen and oxygen atoms in total. The lowest BCUT2D eigenvalue weighted by atomic mass is 10.1. The van der Waals surface area contributed by atoms with Gasteiger partial charge in [-0.2, -0.15) is 5.10 Å². The Hall–Kier alpha value is -2.31. The number of fused-ring (bicyclic) bond motifs is 1. The molecule has 2 amide bonds. The van der Waals surface area contributed by atoms with Crippen LogP contribution in [0.25, 0.3) is 0 Å². The van der Waals surface area contributed by atoms with Crippen LogP contribution in [0.1, 0.15) is 36.1 Å². The van der Waals surface area contributed by atoms with Crippen molar-refractivity contribution in [2.75, 3.05) is 13.1 Å². The zero-order valence-corrected chi connectivity index (χ0v) is 13.8. The third-order valence-electron chi connectivity index (χ3n) is 4.38. The molecule has 0 saturated heterocycles. The second kappa shape index (κ2) is 6.85. The van der Waals surface area contributed by atoms with Gasteiger partial charge in [0.1, 0.15) is 5.82 Å². The molecular formula is C16H24N6O. The zero-order valence-electron chi connectivity index (χ0n) is 13.8. The summed E-state index contributed by atoms with van der Waals surface area (Å²) in [6, 6.07) is 0.0117. The van der Waals surface area contributed by atoms with E-state index in [0.29, 0.717) is 13.1 Å². The van der Waals surface area contributed by atoms with Crippen molar-refractivity contribution in [3.8, 4) is 0 Å². The molecule has 1 aliphatic heterocycles. The Morgan fingerprint density at radius 1 is 1.48 bits per heavy atom. The predicted molar refractivity (Wildman–Crippen MR) is 87.1 cm³/mol. The normalized spacial score (nSPS) is 13.9. The molecule has 2 aromatic rings. The molecule has 1 aliphatic rings. The molecule has 0 unspecified atom stereocenters. The van der Waals surface area contributed by atoms with Crippen molar-refractivity contribution in [2.45, 2.75) is 46.2 Å². The molecule has 0 aromatic carbocycles. The van der Waals surface area contributed by atoms with E-state index in [-0.39, 0.29) is 6.03 Å². The number of amides is 2. The van der Waals surface area contributed by atoms with E-state index in [2.05, 4.69) is 32.0 Å². The minimum Gasteiger partial charge on any atom is -0.338 e. The van der Waals surface area contributed by atoms with Gasteiger partial charge in [0.05, 0.1) is 12.2 Å². The third kappa shape index (κ3) is 3.38. The first-order valence-corrected chi connectivity index (χ1v) is 8.24. The first kappa shape index (κ1) is 15.6. The molecule has 0 saturated carbocycles. The Kier molecular flexibility index (Phi) is 4.64. The van der Waals surface area contributed by atoms with E-state index >= 15 is 0 Å². The lowest BCUT2D eigenvalue weighted by Gasteiger charge is -2.27. The third-order valence-corrected chi connectivity index (χ3v) is 4.38. The van der Waals surface area contributed by atoms with E-state index in [1.54, 1.807) is 0 Å². The van der Waals surface area contributed by atoms with E-state index in [1.807, 2.05) is 24.2 Å². The number of aromatic nitrogens is 4. The molecule has 0 radical (unpaired) electrons. The van der Waals surface area contributed by atoms with Gasteiger partial charge < -0.3 is 14.8 Å². The number of H-pyrrole nitrogens is 1. The van der Waals surface area contributed by atoms with Gasteiger partial charge in [-0.25, -0.2) is 9.78 Å². The molecule has 124 valence electrons. The fourth-order valence-electron chi connectivity index (χ4n) is 3.02. The maximum Gasteiger partial charge on any atom is 0.317 e. The van der Waals surface area contributed by atoms with Crippen LogP contribution in [0.15, 0.2) is 12.4 Å². The SMILES string of the molecule is CCc1nccn1CCCNC(=O)N1CCc2n[nH]c(C)c2C1. The fourth-order valence-corrected chi connectivity index (χ4v) is 3.02. The highest BCUT2D eigenvalue weighted by Crippen LogP contribution is 2.19. The molecule has 3 heterocycles. The Bertz CT molecular complexity index is 674. The molecule has 3 rings (SSSR count). The average molecular weight is 316 g/mol. The van der Waals surface area contributed by atoms with Gasteiger partial charge in [0.25, 0.3) is 0 Å². The monoisotopic (exact) mass is 316 g/mol. The van der Waals surface area contributed by atoms with Gasteiger partial charge in [0, 0.05) is 56.1 Å². The van der Waals surface area contributed by atoms with Crippen LogP contribution in [-0.2, 0) is 25.9 Å². The number of nitrogens with zero attached hydrogens (tertiary/aromatic N) is 4. The van der Waals surface area contributed by atoms with Crippen LogP contribution >= 0.6 is 0 Å². The summed E-state index contributed by atoms with van der Waals surface area (Å²) in [6.45, 7) is 7.03. The van der Waals surface area contributed by atoms with Gasteiger partial charge >= 0.3 is 6.03 Å². The Labute approximate surface area is 136 Å². The smallest absolute Gasteiger partial charge is 0.317 e. The molecule has 2 N–H and O–H groups in total. The Morgan fingerprint density at radius 3 is 3.17 bits per heavy atom. The molecule has 0 atom stereocenters. The topological polar surface area (TPSA) is 78.8 Å². The standard InChI is InChI=1S/C16H24N6O/c1-3-15-17-7-10-21(15)8-4-6-18-16(23)22-9-5-14-13(11-22)12(2)19-20-14/h7,10H,3-6,8-9,11H2,1-2H3,(H,18,23)(H,19,20). The molecule has 0 fully saturated rings. The van der Waals surface area contributed by atoms with Crippen LogP contribution in [0.3, 0.4) is 0 Å². The maximum atomic E-state index is 12.3. The summed E-state index contributed by atoms with van der Waals surface area (Å²) < 4.78 is 2.15. The molecule has 0 bridgehead atoms. The largest absolute Gasteiger partial charge is 0.338 e. The predicted octanol–water partition coefficient (Wildman–Crippen LogP) is 1.64. The van der Waals surface area contributed by atoms with Crippen LogP contribution in [-0.4, -0.2) is 43.8 Å². The lowest BCUT2D eigenvalue weighted by Crippen LogP contribution is -2.43. The number of hydrogen-bond acceptors (Lipinski definition) is 3. The van der Waals surface area contributed by atoms with Crippen molar-refractivity contribution >= 4 is 6.03 Å². The van der Waals surface area contributed by atoms with Crippen LogP contribution < -0.4 is 5.32 Å². The Morgan fingerprint density at radius 2 is 2.35 bits per heavy atom. The summed E-state index contributed by atoms with van der Waals surface area (Å²) in [6.07, 6.45) is 6.48. The summed E-state index contributed by atoms with van der Waals surface area (Å²) >= 11 is 0. The first-order valence-electron chi connectivity index (χ1n) is 8.24. The van der Waals surface area contributed by atoms with E-state index in [1.165, 1.54) is 0 Å². The zero-order chi connectivity index (χ0) is 16.2. The quantitative estimate of drug-likeness (QED) is 0.823. The number of imidazole rings is 1. The first-order chi connectivity index (χ1) is 11.2. The number of aromatic amines is 1. The number of carbonyl (C=O) groups is 1. The number of aryl methyl sites for hydroxylation is 3. The van der Waals surface area contributed by atoms with Crippen LogP contribution in [0.5, 0.6) is 0 Å². The number of hydrogen-bond donors (Lipinski definition) is 2. The number of carbonyl (C=O) groups excluding carboxylic acids is 1. The maximum absolute atomic E-state index is 12.3. The van der Waals surface area contributed by atoms with E-state index < -0.39 is 0 Å². The van der Waals surface area contributed by atoms with Gasteiger partial charge in [0.2, 0.25) is 0 Å². The number of rotatable bonds is 5. The molecular weight excluding hydrogens is 292 g/mol. The van der Waals surface area contributed by atoms with Gasteiger partial charge in [-0.15, -0.1) is 0 Å². The lowest BCUT2D eigenvalue weighted by molar-refractivity contribution is 0.192. The van der Waals surface area contributed by atoms with Crippen LogP contribution in [0.2, 0.25) is 0 Å². The molecule has 2 aromatic heterocycles. The summed E-state index contributed by atoms with van der Waals surface area (Å²) in [5.41, 5.74) is 3.32. The van der Waals surface area contributed by atoms with Crippen molar-refractivity contribution in [2.24, 2.45) is 0 Å². The van der Waals surface area contributed by atoms with Crippen LogP contribution in [0, 0.1) is 6.92 Å². The molecule has 0 aliphatic carbocycles. The van der Waals surface area contributed by atoms with Crippen LogP contribution in [0.4, 0.5) is 4.79 Å². The second-order valence-electron chi connectivity index (χ2n) is 5.92. The highest BCUT2D eigenvalue weighted by atomic mass is 16.2. The van der Waals surface area contributed by atoms with Crippen molar-refractivity contribution < 1.29 is 4.79 Å². The second-order valence-corrected chi connectivity index (χ2v) is 5.92. The summed E-state index contributed by atoms with van der Waals surface area (Å²) in [4.78, 5) is 18.5. The fraction of sp³-hybridized carbons (Fsp3) is 0.562. The van der Waals surface area contributed by atoms with Gasteiger partial charge in [0.15, 0.2) is 0 Å². The summed E-state index contributed by atoms with van der Waals surface area (Å²) in [7, 11) is 0. The van der Waals surface area contributed by atoms with E-state index in [4.69, 9.17) is 0 Å². The summed E-state index contributed by atoms with van der Waals surface area (Å²) in [5, 5.41) is 10.3. The molecule has 23 heavy (non-hydrogen) atoms. The minimum absolute atomic E-state index is 0.0117. The number of urea groups is 1. The van der Waals surface area contributed by atoms with Crippen molar-refractivity contribution in [1.82, 2.24) is 30.0 Å². The highest BCUT2D eigenvalue weighted by Gasteiger charge is 2.23. The molecule has 0 spiro atoms. The van der Waals surface area contributed by atoms with Crippen molar-refractivity contribution in [3.05, 3.63) is 35.2 Å². The van der Waals surface area contributed by atoms with Crippen molar-refractivity contribution in [3.63, 3.8) is 0 Å². The summed E-state index contributed by atoms with van der Waals surface area (Å²) in [5.74, 6) is 1.09. The highest BCUT2D eigenvalue weighted by molar-refractivity contribution is 5.74. The minimum atomic E-state index is 0.0117. The van der Waals surface area contributed by atoms with Gasteiger partial charge in [-0.1, -0.05) is 6.92 Å². The number of nitrogens with one attached hydrogen (secondary N) is 2. The van der Waals surface area contributed by atoms with Gasteiger partial charge in [-0.3, -0.25) is 5.10 Å². The van der Waals surface area contributed by atoms with E-state index in [0.717, 1.165) is 55.1 Å². The molecule has 7 heteroatoms. The Balaban J connectivity index is 1.44.